The Bertz CT molecular complexity index is 238. The van der Waals surface area contributed by atoms with Gasteiger partial charge in [-0.3, -0.25) is 4.79 Å². The number of carbonyl (C=O) groups is 2. The fraction of sp³-hybridized carbons (Fsp3) is 0.800. The maximum atomic E-state index is 10.9. The Morgan fingerprint density at radius 2 is 2.00 bits per heavy atom. The lowest BCUT2D eigenvalue weighted by atomic mass is 9.64. The van der Waals surface area contributed by atoms with E-state index in [9.17, 15) is 9.59 Å². The summed E-state index contributed by atoms with van der Waals surface area (Å²) in [5.41, 5.74) is 0.513. The molecule has 0 heterocycles. The molecular weight excluding hydrogens is 182 g/mol. The van der Waals surface area contributed by atoms with E-state index in [0.29, 0.717) is 5.41 Å². The van der Waals surface area contributed by atoms with E-state index in [0.717, 1.165) is 12.8 Å². The van der Waals surface area contributed by atoms with Gasteiger partial charge in [0.2, 0.25) is 0 Å². The molecule has 0 radical (unpaired) electrons. The lowest BCUT2D eigenvalue weighted by Crippen LogP contribution is -2.49. The number of hydrogen-bond acceptors (Lipinski definition) is 3. The van der Waals surface area contributed by atoms with Crippen LogP contribution in [0.1, 0.15) is 38.5 Å². The van der Waals surface area contributed by atoms with Crippen molar-refractivity contribution >= 4 is 12.6 Å². The van der Waals surface area contributed by atoms with E-state index < -0.39 is 6.09 Å². The van der Waals surface area contributed by atoms with Crippen LogP contribution in [0.4, 0.5) is 4.79 Å². The summed E-state index contributed by atoms with van der Waals surface area (Å²) in [4.78, 5) is 20.8. The highest BCUT2D eigenvalue weighted by Crippen LogP contribution is 2.53. The lowest BCUT2D eigenvalue weighted by molar-refractivity contribution is -0.123. The molecule has 2 fully saturated rings. The lowest BCUT2D eigenvalue weighted by Gasteiger charge is -2.45. The highest BCUT2D eigenvalue weighted by molar-refractivity contribution is 5.74. The van der Waals surface area contributed by atoms with Gasteiger partial charge in [-0.2, -0.15) is 0 Å². The van der Waals surface area contributed by atoms with Gasteiger partial charge in [-0.1, -0.05) is 12.8 Å². The van der Waals surface area contributed by atoms with Crippen molar-refractivity contribution in [3.8, 4) is 0 Å². The minimum absolute atomic E-state index is 0.166. The van der Waals surface area contributed by atoms with Crippen LogP contribution in [0.2, 0.25) is 0 Å². The van der Waals surface area contributed by atoms with Crippen molar-refractivity contribution < 1.29 is 14.3 Å². The van der Waals surface area contributed by atoms with Crippen molar-refractivity contribution in [2.75, 3.05) is 0 Å². The summed E-state index contributed by atoms with van der Waals surface area (Å²) in [5.74, 6) is 0. The van der Waals surface area contributed by atoms with Crippen LogP contribution in [0, 0.1) is 5.41 Å². The molecule has 4 heteroatoms. The Morgan fingerprint density at radius 3 is 2.57 bits per heavy atom. The minimum atomic E-state index is -0.613. The van der Waals surface area contributed by atoms with Crippen LogP contribution in [0.3, 0.4) is 0 Å². The number of hydrogen-bond donors (Lipinski definition) is 1. The monoisotopic (exact) mass is 197 g/mol. The van der Waals surface area contributed by atoms with Gasteiger partial charge in [0.15, 0.2) is 0 Å². The van der Waals surface area contributed by atoms with Crippen molar-refractivity contribution in [2.24, 2.45) is 5.41 Å². The molecule has 0 atom stereocenters. The molecule has 0 saturated heterocycles. The first-order valence-corrected chi connectivity index (χ1v) is 5.15. The van der Waals surface area contributed by atoms with Gasteiger partial charge in [0, 0.05) is 6.04 Å². The van der Waals surface area contributed by atoms with E-state index in [1.165, 1.54) is 25.7 Å². The Balaban J connectivity index is 1.72. The first kappa shape index (κ1) is 9.49. The van der Waals surface area contributed by atoms with E-state index in [4.69, 9.17) is 0 Å². The SMILES string of the molecule is O=COC(=O)NC1CC2(CCCC2)C1. The third kappa shape index (κ3) is 1.74. The van der Waals surface area contributed by atoms with Gasteiger partial charge >= 0.3 is 12.6 Å². The van der Waals surface area contributed by atoms with E-state index >= 15 is 0 Å². The van der Waals surface area contributed by atoms with Gasteiger partial charge in [0.05, 0.1) is 0 Å². The fourth-order valence-corrected chi connectivity index (χ4v) is 2.87. The number of alkyl carbamates (subject to hydrolysis) is 1. The first-order chi connectivity index (χ1) is 6.74. The Kier molecular flexibility index (Phi) is 2.44. The maximum Gasteiger partial charge on any atom is 0.414 e. The minimum Gasteiger partial charge on any atom is -0.379 e. The molecule has 1 spiro atoms. The second-order valence-corrected chi connectivity index (χ2v) is 4.46. The molecule has 1 N–H and O–H groups in total. The molecule has 0 aromatic rings. The van der Waals surface area contributed by atoms with Crippen LogP contribution < -0.4 is 5.32 Å². The van der Waals surface area contributed by atoms with Crippen molar-refractivity contribution in [3.63, 3.8) is 0 Å². The number of ether oxygens (including phenoxy) is 1. The summed E-state index contributed by atoms with van der Waals surface area (Å²) in [6.07, 6.45) is 6.75. The third-order valence-corrected chi connectivity index (χ3v) is 3.50. The van der Waals surface area contributed by atoms with E-state index in [1.807, 2.05) is 0 Å². The van der Waals surface area contributed by atoms with Gasteiger partial charge in [-0.05, 0) is 31.1 Å². The average molecular weight is 197 g/mol. The van der Waals surface area contributed by atoms with Crippen LogP contribution in [0.5, 0.6) is 0 Å². The molecule has 4 nitrogen and oxygen atoms in total. The van der Waals surface area contributed by atoms with Crippen molar-refractivity contribution in [2.45, 2.75) is 44.6 Å². The largest absolute Gasteiger partial charge is 0.414 e. The Hall–Kier alpha value is -1.06. The normalized spacial score (nSPS) is 24.3. The summed E-state index contributed by atoms with van der Waals surface area (Å²) in [6, 6.07) is 0.223. The van der Waals surface area contributed by atoms with Crippen LogP contribution in [0.15, 0.2) is 0 Å². The number of rotatable bonds is 2. The van der Waals surface area contributed by atoms with Crippen LogP contribution in [0.25, 0.3) is 0 Å². The smallest absolute Gasteiger partial charge is 0.379 e. The highest BCUT2D eigenvalue weighted by Gasteiger charge is 2.46. The standard InChI is InChI=1S/C10H15NO3/c12-7-14-9(13)11-8-5-10(6-8)3-1-2-4-10/h7-8H,1-6H2,(H,11,13). The molecule has 1 amide bonds. The molecule has 0 bridgehead atoms. The Labute approximate surface area is 83.0 Å². The Morgan fingerprint density at radius 1 is 1.36 bits per heavy atom. The van der Waals surface area contributed by atoms with Crippen LogP contribution in [-0.4, -0.2) is 18.6 Å². The summed E-state index contributed by atoms with van der Waals surface area (Å²) < 4.78 is 4.17. The van der Waals surface area contributed by atoms with E-state index in [-0.39, 0.29) is 12.5 Å². The molecule has 2 rings (SSSR count). The maximum absolute atomic E-state index is 10.9. The van der Waals surface area contributed by atoms with Gasteiger partial charge in [0.25, 0.3) is 0 Å². The van der Waals surface area contributed by atoms with Crippen molar-refractivity contribution in [3.05, 3.63) is 0 Å². The molecule has 2 aliphatic carbocycles. The van der Waals surface area contributed by atoms with Gasteiger partial charge < -0.3 is 10.1 Å². The number of nitrogens with one attached hydrogen (secondary N) is 1. The predicted octanol–water partition coefficient (Wildman–Crippen LogP) is 1.59. The van der Waals surface area contributed by atoms with Gasteiger partial charge in [-0.15, -0.1) is 0 Å². The molecule has 78 valence electrons. The zero-order valence-electron chi connectivity index (χ0n) is 8.12. The molecule has 0 unspecified atom stereocenters. The number of amides is 1. The molecule has 2 aliphatic rings. The summed E-state index contributed by atoms with van der Waals surface area (Å²) >= 11 is 0. The fourth-order valence-electron chi connectivity index (χ4n) is 2.87. The molecule has 2 saturated carbocycles. The molecule has 0 aromatic carbocycles. The predicted molar refractivity (Wildman–Crippen MR) is 49.6 cm³/mol. The first-order valence-electron chi connectivity index (χ1n) is 5.15. The zero-order chi connectivity index (χ0) is 10.0. The molecular formula is C10H15NO3. The van der Waals surface area contributed by atoms with Crippen LogP contribution in [-0.2, 0) is 9.53 Å². The highest BCUT2D eigenvalue weighted by atomic mass is 16.6. The zero-order valence-corrected chi connectivity index (χ0v) is 8.12. The average Bonchev–Trinajstić information content (AvgIpc) is 2.52. The van der Waals surface area contributed by atoms with Crippen molar-refractivity contribution in [1.82, 2.24) is 5.32 Å². The molecule has 0 aromatic heterocycles. The molecule has 0 aliphatic heterocycles. The third-order valence-electron chi connectivity index (χ3n) is 3.50. The molecule has 14 heavy (non-hydrogen) atoms. The van der Waals surface area contributed by atoms with Gasteiger partial charge in [0.1, 0.15) is 0 Å². The summed E-state index contributed by atoms with van der Waals surface area (Å²) in [6.45, 7) is 0.166. The summed E-state index contributed by atoms with van der Waals surface area (Å²) in [5, 5.41) is 2.68. The second-order valence-electron chi connectivity index (χ2n) is 4.46. The van der Waals surface area contributed by atoms with E-state index in [2.05, 4.69) is 10.1 Å². The van der Waals surface area contributed by atoms with Crippen molar-refractivity contribution in [1.29, 1.82) is 0 Å². The van der Waals surface area contributed by atoms with E-state index in [1.54, 1.807) is 0 Å². The quantitative estimate of drug-likeness (QED) is 0.540. The van der Waals surface area contributed by atoms with Gasteiger partial charge in [-0.25, -0.2) is 4.79 Å². The van der Waals surface area contributed by atoms with Crippen LogP contribution >= 0.6 is 0 Å². The summed E-state index contributed by atoms with van der Waals surface area (Å²) in [7, 11) is 0. The second kappa shape index (κ2) is 3.59. The number of carbonyl (C=O) groups excluding carboxylic acids is 2. The topological polar surface area (TPSA) is 55.4 Å².